The van der Waals surface area contributed by atoms with Crippen LogP contribution in [0.15, 0.2) is 18.2 Å². The molecule has 1 aliphatic carbocycles. The summed E-state index contributed by atoms with van der Waals surface area (Å²) in [6, 6.07) is 6.72. The number of aryl methyl sites for hydroxylation is 1. The summed E-state index contributed by atoms with van der Waals surface area (Å²) in [5, 5.41) is 0. The Kier molecular flexibility index (Phi) is 2.16. The SMILES string of the molecule is Cc1cccc(C2(C)CC(C3CO3)C2)c1C. The Morgan fingerprint density at radius 3 is 2.56 bits per heavy atom. The highest BCUT2D eigenvalue weighted by atomic mass is 16.6. The summed E-state index contributed by atoms with van der Waals surface area (Å²) < 4.78 is 5.40. The minimum atomic E-state index is 0.409. The fourth-order valence-corrected chi connectivity index (χ4v) is 3.31. The predicted molar refractivity (Wildman–Crippen MR) is 65.7 cm³/mol. The van der Waals surface area contributed by atoms with Gasteiger partial charge in [-0.25, -0.2) is 0 Å². The molecule has 0 radical (unpaired) electrons. The second-order valence-electron chi connectivity index (χ2n) is 5.85. The molecule has 1 saturated carbocycles. The first-order valence-corrected chi connectivity index (χ1v) is 6.28. The summed E-state index contributed by atoms with van der Waals surface area (Å²) in [6.45, 7) is 7.89. The van der Waals surface area contributed by atoms with Crippen molar-refractivity contribution in [3.8, 4) is 0 Å². The molecule has 1 aliphatic heterocycles. The topological polar surface area (TPSA) is 12.5 Å². The minimum Gasteiger partial charge on any atom is -0.373 e. The second kappa shape index (κ2) is 3.33. The lowest BCUT2D eigenvalue weighted by Gasteiger charge is -2.46. The van der Waals surface area contributed by atoms with E-state index in [1.165, 1.54) is 24.0 Å². The van der Waals surface area contributed by atoms with Crippen LogP contribution in [-0.2, 0) is 10.2 Å². The summed E-state index contributed by atoms with van der Waals surface area (Å²) in [7, 11) is 0. The van der Waals surface area contributed by atoms with Gasteiger partial charge >= 0.3 is 0 Å². The first-order chi connectivity index (χ1) is 7.60. The van der Waals surface area contributed by atoms with Crippen molar-refractivity contribution in [2.75, 3.05) is 6.61 Å². The van der Waals surface area contributed by atoms with Crippen LogP contribution in [0.2, 0.25) is 0 Å². The zero-order valence-corrected chi connectivity index (χ0v) is 10.4. The first-order valence-electron chi connectivity index (χ1n) is 6.28. The van der Waals surface area contributed by atoms with Crippen molar-refractivity contribution in [3.63, 3.8) is 0 Å². The fourth-order valence-electron chi connectivity index (χ4n) is 3.31. The van der Waals surface area contributed by atoms with Crippen LogP contribution >= 0.6 is 0 Å². The minimum absolute atomic E-state index is 0.409. The van der Waals surface area contributed by atoms with Gasteiger partial charge in [0.1, 0.15) is 0 Å². The molecule has 86 valence electrons. The fraction of sp³-hybridized carbons (Fsp3) is 0.600. The number of hydrogen-bond acceptors (Lipinski definition) is 1. The Morgan fingerprint density at radius 2 is 1.94 bits per heavy atom. The van der Waals surface area contributed by atoms with Gasteiger partial charge < -0.3 is 4.74 Å². The molecule has 0 bridgehead atoms. The lowest BCUT2D eigenvalue weighted by Crippen LogP contribution is -2.41. The number of hydrogen-bond donors (Lipinski definition) is 0. The van der Waals surface area contributed by atoms with Crippen molar-refractivity contribution in [1.29, 1.82) is 0 Å². The summed E-state index contributed by atoms with van der Waals surface area (Å²) in [6.07, 6.45) is 3.21. The highest BCUT2D eigenvalue weighted by Crippen LogP contribution is 2.52. The van der Waals surface area contributed by atoms with Crippen LogP contribution in [0.1, 0.15) is 36.5 Å². The number of benzene rings is 1. The van der Waals surface area contributed by atoms with Gasteiger partial charge in [-0.15, -0.1) is 0 Å². The van der Waals surface area contributed by atoms with Crippen LogP contribution in [0, 0.1) is 19.8 Å². The Bertz CT molecular complexity index is 411. The van der Waals surface area contributed by atoms with Crippen LogP contribution in [0.3, 0.4) is 0 Å². The Morgan fingerprint density at radius 1 is 1.25 bits per heavy atom. The molecule has 3 rings (SSSR count). The summed E-state index contributed by atoms with van der Waals surface area (Å²) in [5.74, 6) is 0.824. The van der Waals surface area contributed by atoms with Crippen LogP contribution in [0.5, 0.6) is 0 Å². The summed E-state index contributed by atoms with van der Waals surface area (Å²) >= 11 is 0. The quantitative estimate of drug-likeness (QED) is 0.690. The van der Waals surface area contributed by atoms with E-state index in [1.54, 1.807) is 5.56 Å². The maximum absolute atomic E-state index is 5.40. The molecule has 1 unspecified atom stereocenters. The third kappa shape index (κ3) is 1.49. The molecule has 2 aliphatic rings. The predicted octanol–water partition coefficient (Wildman–Crippen LogP) is 3.37. The van der Waals surface area contributed by atoms with Crippen molar-refractivity contribution >= 4 is 0 Å². The molecule has 1 heteroatoms. The van der Waals surface area contributed by atoms with Gasteiger partial charge in [-0.1, -0.05) is 25.1 Å². The Balaban J connectivity index is 1.84. The molecule has 0 amide bonds. The molecule has 0 N–H and O–H groups in total. The zero-order chi connectivity index (χ0) is 11.3. The third-order valence-electron chi connectivity index (χ3n) is 4.57. The van der Waals surface area contributed by atoms with Gasteiger partial charge in [0.05, 0.1) is 12.7 Å². The number of epoxide rings is 1. The molecular weight excluding hydrogens is 196 g/mol. The highest BCUT2D eigenvalue weighted by molar-refractivity contribution is 5.40. The molecule has 1 saturated heterocycles. The standard InChI is InChI=1S/C15H20O/c1-10-5-4-6-13(11(10)2)15(3)7-12(8-15)14-9-16-14/h4-6,12,14H,7-9H2,1-3H3. The molecule has 1 atom stereocenters. The van der Waals surface area contributed by atoms with Crippen molar-refractivity contribution in [3.05, 3.63) is 34.9 Å². The van der Waals surface area contributed by atoms with Crippen molar-refractivity contribution in [2.45, 2.75) is 45.1 Å². The Hall–Kier alpha value is -0.820. The molecular formula is C15H20O. The van der Waals surface area contributed by atoms with Crippen LogP contribution < -0.4 is 0 Å². The Labute approximate surface area is 97.8 Å². The average molecular weight is 216 g/mol. The lowest BCUT2D eigenvalue weighted by atomic mass is 9.58. The van der Waals surface area contributed by atoms with E-state index in [2.05, 4.69) is 39.0 Å². The summed E-state index contributed by atoms with van der Waals surface area (Å²) in [4.78, 5) is 0. The van der Waals surface area contributed by atoms with E-state index in [0.717, 1.165) is 12.5 Å². The monoisotopic (exact) mass is 216 g/mol. The van der Waals surface area contributed by atoms with E-state index in [9.17, 15) is 0 Å². The lowest BCUT2D eigenvalue weighted by molar-refractivity contribution is 0.124. The number of rotatable bonds is 2. The highest BCUT2D eigenvalue weighted by Gasteiger charge is 2.49. The first kappa shape index (κ1) is 10.3. The van der Waals surface area contributed by atoms with Crippen LogP contribution in [0.25, 0.3) is 0 Å². The number of ether oxygens (including phenoxy) is 1. The second-order valence-corrected chi connectivity index (χ2v) is 5.85. The molecule has 1 aromatic carbocycles. The van der Waals surface area contributed by atoms with E-state index in [0.29, 0.717) is 11.5 Å². The van der Waals surface area contributed by atoms with Gasteiger partial charge in [-0.05, 0) is 54.7 Å². The zero-order valence-electron chi connectivity index (χ0n) is 10.4. The summed E-state index contributed by atoms with van der Waals surface area (Å²) in [5.41, 5.74) is 4.88. The maximum Gasteiger partial charge on any atom is 0.0838 e. The molecule has 16 heavy (non-hydrogen) atoms. The van der Waals surface area contributed by atoms with E-state index in [-0.39, 0.29) is 0 Å². The van der Waals surface area contributed by atoms with Crippen molar-refractivity contribution in [2.24, 2.45) is 5.92 Å². The van der Waals surface area contributed by atoms with Gasteiger partial charge in [0, 0.05) is 0 Å². The molecule has 0 aromatic heterocycles. The smallest absolute Gasteiger partial charge is 0.0838 e. The van der Waals surface area contributed by atoms with Crippen LogP contribution in [-0.4, -0.2) is 12.7 Å². The van der Waals surface area contributed by atoms with E-state index >= 15 is 0 Å². The van der Waals surface area contributed by atoms with E-state index in [4.69, 9.17) is 4.74 Å². The van der Waals surface area contributed by atoms with E-state index in [1.807, 2.05) is 0 Å². The molecule has 1 aromatic rings. The van der Waals surface area contributed by atoms with E-state index < -0.39 is 0 Å². The van der Waals surface area contributed by atoms with Gasteiger partial charge in [0.25, 0.3) is 0 Å². The van der Waals surface area contributed by atoms with Gasteiger partial charge in [0.2, 0.25) is 0 Å². The molecule has 1 heterocycles. The van der Waals surface area contributed by atoms with Crippen molar-refractivity contribution in [1.82, 2.24) is 0 Å². The van der Waals surface area contributed by atoms with Crippen molar-refractivity contribution < 1.29 is 4.74 Å². The van der Waals surface area contributed by atoms with Crippen LogP contribution in [0.4, 0.5) is 0 Å². The maximum atomic E-state index is 5.40. The normalized spacial score (nSPS) is 36.9. The largest absolute Gasteiger partial charge is 0.373 e. The molecule has 2 fully saturated rings. The average Bonchev–Trinajstić information content (AvgIpc) is 3.01. The molecule has 0 spiro atoms. The van der Waals surface area contributed by atoms with Gasteiger partial charge in [0.15, 0.2) is 0 Å². The molecule has 1 nitrogen and oxygen atoms in total. The van der Waals surface area contributed by atoms with Gasteiger partial charge in [-0.2, -0.15) is 0 Å². The van der Waals surface area contributed by atoms with Gasteiger partial charge in [-0.3, -0.25) is 0 Å². The third-order valence-corrected chi connectivity index (χ3v) is 4.57.